The predicted molar refractivity (Wildman–Crippen MR) is 134 cm³/mol. The molecule has 0 bridgehead atoms. The molecule has 2 aromatic heterocycles. The summed E-state index contributed by atoms with van der Waals surface area (Å²) < 4.78 is 30.4. The van der Waals surface area contributed by atoms with Gasteiger partial charge in [-0.15, -0.1) is 5.10 Å². The third-order valence-corrected chi connectivity index (χ3v) is 8.50. The fraction of sp³-hybridized carbons (Fsp3) is 0.391. The summed E-state index contributed by atoms with van der Waals surface area (Å²) in [5, 5.41) is 13.2. The number of tetrazole rings is 1. The van der Waals surface area contributed by atoms with Crippen molar-refractivity contribution in [3.05, 3.63) is 53.3 Å². The molecule has 0 saturated heterocycles. The highest BCUT2D eigenvalue weighted by Crippen LogP contribution is 2.30. The molecule has 0 unspecified atom stereocenters. The lowest BCUT2D eigenvalue weighted by molar-refractivity contribution is 0.521. The Kier molecular flexibility index (Phi) is 7.06. The molecule has 0 fully saturated rings. The smallest absolute Gasteiger partial charge is 0.242 e. The number of sulfonamides is 1. The van der Waals surface area contributed by atoms with Crippen LogP contribution in [-0.4, -0.2) is 56.6 Å². The number of imidazole rings is 1. The van der Waals surface area contributed by atoms with E-state index in [9.17, 15) is 8.42 Å². The van der Waals surface area contributed by atoms with Gasteiger partial charge in [-0.1, -0.05) is 43.3 Å². The van der Waals surface area contributed by atoms with Crippen molar-refractivity contribution in [3.63, 3.8) is 0 Å². The van der Waals surface area contributed by atoms with Gasteiger partial charge in [-0.2, -0.15) is 4.68 Å². The van der Waals surface area contributed by atoms with Gasteiger partial charge in [0, 0.05) is 20.6 Å². The molecule has 34 heavy (non-hydrogen) atoms. The first-order valence-electron chi connectivity index (χ1n) is 11.1. The third kappa shape index (κ3) is 4.59. The van der Waals surface area contributed by atoms with Gasteiger partial charge in [0.1, 0.15) is 0 Å². The molecule has 0 aliphatic carbocycles. The van der Waals surface area contributed by atoms with Crippen LogP contribution in [0.4, 0.5) is 0 Å². The van der Waals surface area contributed by atoms with Gasteiger partial charge in [0.2, 0.25) is 10.0 Å². The van der Waals surface area contributed by atoms with Crippen molar-refractivity contribution in [2.24, 2.45) is 0 Å². The van der Waals surface area contributed by atoms with E-state index in [2.05, 4.69) is 27.0 Å². The zero-order chi connectivity index (χ0) is 24.5. The maximum atomic E-state index is 12.6. The van der Waals surface area contributed by atoms with Crippen LogP contribution in [0, 0.1) is 13.8 Å². The van der Waals surface area contributed by atoms with Gasteiger partial charge >= 0.3 is 0 Å². The summed E-state index contributed by atoms with van der Waals surface area (Å²) in [7, 11) is -0.476. The second-order valence-electron chi connectivity index (χ2n) is 8.37. The fourth-order valence-electron chi connectivity index (χ4n) is 3.84. The van der Waals surface area contributed by atoms with Gasteiger partial charge in [-0.05, 0) is 60.0 Å². The van der Waals surface area contributed by atoms with E-state index in [-0.39, 0.29) is 4.90 Å². The van der Waals surface area contributed by atoms with Gasteiger partial charge in [0.25, 0.3) is 0 Å². The van der Waals surface area contributed by atoms with Crippen LogP contribution in [0.1, 0.15) is 36.7 Å². The first kappa shape index (κ1) is 24.4. The van der Waals surface area contributed by atoms with Gasteiger partial charge in [-0.3, -0.25) is 0 Å². The average Bonchev–Trinajstić information content (AvgIpc) is 3.39. The van der Waals surface area contributed by atoms with E-state index in [0.29, 0.717) is 11.3 Å². The molecule has 11 heteroatoms. The van der Waals surface area contributed by atoms with Crippen molar-refractivity contribution in [3.8, 4) is 5.69 Å². The minimum atomic E-state index is -3.53. The highest BCUT2D eigenvalue weighted by atomic mass is 32.2. The van der Waals surface area contributed by atoms with Crippen LogP contribution in [0.5, 0.6) is 0 Å². The van der Waals surface area contributed by atoms with Gasteiger partial charge < -0.3 is 4.57 Å². The number of aromatic nitrogens is 6. The molecule has 0 N–H and O–H groups in total. The van der Waals surface area contributed by atoms with Crippen LogP contribution in [-0.2, 0) is 22.3 Å². The van der Waals surface area contributed by atoms with Crippen LogP contribution in [0.3, 0.4) is 0 Å². The summed E-state index contributed by atoms with van der Waals surface area (Å²) in [6.07, 6.45) is 2.04. The molecular formula is C23H29N7O2S2. The largest absolute Gasteiger partial charge is 0.319 e. The van der Waals surface area contributed by atoms with Gasteiger partial charge in [0.15, 0.2) is 11.0 Å². The number of para-hydroxylation sites is 1. The Hall–Kier alpha value is -2.76. The zero-order valence-electron chi connectivity index (χ0n) is 20.1. The molecule has 0 spiro atoms. The molecule has 0 atom stereocenters. The minimum absolute atomic E-state index is 0.237. The summed E-state index contributed by atoms with van der Waals surface area (Å²) in [5.41, 5.74) is 4.77. The summed E-state index contributed by atoms with van der Waals surface area (Å²) >= 11 is 1.55. The highest BCUT2D eigenvalue weighted by Gasteiger charge is 2.21. The van der Waals surface area contributed by atoms with E-state index >= 15 is 0 Å². The van der Waals surface area contributed by atoms with E-state index < -0.39 is 10.0 Å². The second-order valence-corrected chi connectivity index (χ2v) is 11.5. The molecule has 0 aliphatic rings. The molecule has 4 aromatic rings. The molecule has 0 aliphatic heterocycles. The molecule has 4 rings (SSSR count). The van der Waals surface area contributed by atoms with Crippen molar-refractivity contribution in [2.75, 3.05) is 14.1 Å². The summed E-state index contributed by atoms with van der Waals surface area (Å²) in [4.78, 5) is 5.04. The van der Waals surface area contributed by atoms with Crippen molar-refractivity contribution in [2.45, 2.75) is 56.0 Å². The molecule has 180 valence electrons. The van der Waals surface area contributed by atoms with Crippen LogP contribution < -0.4 is 0 Å². The van der Waals surface area contributed by atoms with Gasteiger partial charge in [0.05, 0.1) is 27.4 Å². The normalized spacial score (nSPS) is 12.2. The Morgan fingerprint density at radius 1 is 1.09 bits per heavy atom. The monoisotopic (exact) mass is 499 g/mol. The first-order chi connectivity index (χ1) is 16.2. The van der Waals surface area contributed by atoms with E-state index in [1.165, 1.54) is 18.4 Å². The highest BCUT2D eigenvalue weighted by molar-refractivity contribution is 7.98. The molecule has 9 nitrogen and oxygen atoms in total. The summed E-state index contributed by atoms with van der Waals surface area (Å²) in [6.45, 7) is 7.04. The zero-order valence-corrected chi connectivity index (χ0v) is 21.7. The van der Waals surface area contributed by atoms with E-state index in [1.807, 2.05) is 38.1 Å². The third-order valence-electron chi connectivity index (χ3n) is 5.71. The molecule has 0 saturated carbocycles. The standard InChI is InChI=1S/C23H29N7O2S2/c1-6-7-13-29-20-12-11-18(34(31,32)28(4)5)14-19(20)24-23(29)33-15-21-25-26-27-30(21)22-16(2)9-8-10-17(22)3/h8-12,14H,6-7,13,15H2,1-5H3. The maximum absolute atomic E-state index is 12.6. The van der Waals surface area contributed by atoms with E-state index in [0.717, 1.165) is 52.7 Å². The van der Waals surface area contributed by atoms with E-state index in [4.69, 9.17) is 4.98 Å². The van der Waals surface area contributed by atoms with Crippen molar-refractivity contribution in [1.82, 2.24) is 34.1 Å². The molecular weight excluding hydrogens is 470 g/mol. The minimum Gasteiger partial charge on any atom is -0.319 e. The second kappa shape index (κ2) is 9.85. The predicted octanol–water partition coefficient (Wildman–Crippen LogP) is 3.97. The SMILES string of the molecule is CCCCn1c(SCc2nnnn2-c2c(C)cccc2C)nc2cc(S(=O)(=O)N(C)C)ccc21. The van der Waals surface area contributed by atoms with Crippen LogP contribution in [0.15, 0.2) is 46.5 Å². The van der Waals surface area contributed by atoms with E-state index in [1.54, 1.807) is 28.6 Å². The quantitative estimate of drug-likeness (QED) is 0.321. The number of thioether (sulfide) groups is 1. The summed E-state index contributed by atoms with van der Waals surface area (Å²) in [6, 6.07) is 11.3. The fourth-order valence-corrected chi connectivity index (χ4v) is 5.71. The van der Waals surface area contributed by atoms with Gasteiger partial charge in [-0.25, -0.2) is 17.7 Å². The first-order valence-corrected chi connectivity index (χ1v) is 13.6. The number of nitrogens with zero attached hydrogens (tertiary/aromatic N) is 7. The lowest BCUT2D eigenvalue weighted by atomic mass is 10.1. The van der Waals surface area contributed by atoms with Crippen molar-refractivity contribution < 1.29 is 8.42 Å². The van der Waals surface area contributed by atoms with Crippen LogP contribution in [0.2, 0.25) is 0 Å². The Balaban J connectivity index is 1.69. The summed E-state index contributed by atoms with van der Waals surface area (Å²) in [5.74, 6) is 1.26. The molecule has 0 radical (unpaired) electrons. The van der Waals surface area contributed by atoms with Crippen LogP contribution >= 0.6 is 11.8 Å². The number of hydrogen-bond donors (Lipinski definition) is 0. The number of rotatable bonds is 9. The number of unbranched alkanes of at least 4 members (excludes halogenated alkanes) is 1. The molecule has 2 aromatic carbocycles. The number of fused-ring (bicyclic) bond motifs is 1. The Bertz CT molecular complexity index is 1400. The lowest BCUT2D eigenvalue weighted by Crippen LogP contribution is -2.22. The average molecular weight is 500 g/mol. The lowest BCUT2D eigenvalue weighted by Gasteiger charge is -2.12. The topological polar surface area (TPSA) is 98.8 Å². The maximum Gasteiger partial charge on any atom is 0.242 e. The number of benzene rings is 2. The van der Waals surface area contributed by atoms with Crippen molar-refractivity contribution in [1.29, 1.82) is 0 Å². The number of hydrogen-bond acceptors (Lipinski definition) is 7. The van der Waals surface area contributed by atoms with Crippen LogP contribution in [0.25, 0.3) is 16.7 Å². The Morgan fingerprint density at radius 2 is 1.82 bits per heavy atom. The van der Waals surface area contributed by atoms with Crippen molar-refractivity contribution >= 4 is 32.8 Å². The Morgan fingerprint density at radius 3 is 2.50 bits per heavy atom. The molecule has 0 amide bonds. The molecule has 2 heterocycles. The Labute approximate surface area is 204 Å². The number of aryl methyl sites for hydroxylation is 3.